The van der Waals surface area contributed by atoms with Gasteiger partial charge in [0.25, 0.3) is 0 Å². The highest BCUT2D eigenvalue weighted by Crippen LogP contribution is 2.22. The summed E-state index contributed by atoms with van der Waals surface area (Å²) in [5, 5.41) is 0. The fraction of sp³-hybridized carbons (Fsp3) is 0.455. The van der Waals surface area contributed by atoms with Crippen LogP contribution in [0.1, 0.15) is 11.1 Å². The first-order valence-corrected chi connectivity index (χ1v) is 6.61. The normalized spacial score (nSPS) is 17.9. The number of rotatable bonds is 2. The summed E-state index contributed by atoms with van der Waals surface area (Å²) in [7, 11) is -3.38. The molecule has 2 rings (SSSR count). The first-order chi connectivity index (χ1) is 7.51. The van der Waals surface area contributed by atoms with Gasteiger partial charge in [-0.25, -0.2) is 8.42 Å². The van der Waals surface area contributed by atoms with E-state index in [-0.39, 0.29) is 6.73 Å². The third kappa shape index (κ3) is 1.98. The number of hydrogen-bond acceptors (Lipinski definition) is 3. The second-order valence-electron chi connectivity index (χ2n) is 3.99. The number of nitrogens with zero attached hydrogens (tertiary/aromatic N) is 1. The number of hydrogen-bond donors (Lipinski definition) is 0. The molecule has 0 bridgehead atoms. The average molecular weight is 241 g/mol. The van der Waals surface area contributed by atoms with Gasteiger partial charge in [-0.05, 0) is 31.0 Å². The molecule has 0 aromatic heterocycles. The maximum Gasteiger partial charge on any atom is 0.245 e. The van der Waals surface area contributed by atoms with E-state index in [0.29, 0.717) is 18.0 Å². The summed E-state index contributed by atoms with van der Waals surface area (Å²) in [5.74, 6) is 0. The maximum atomic E-state index is 12.3. The van der Waals surface area contributed by atoms with Crippen molar-refractivity contribution in [2.75, 3.05) is 19.9 Å². The van der Waals surface area contributed by atoms with E-state index in [1.165, 1.54) is 4.31 Å². The van der Waals surface area contributed by atoms with Crippen molar-refractivity contribution in [1.82, 2.24) is 4.31 Å². The SMILES string of the molecule is Cc1ccc(C)c(S(=O)(=O)N2CCOC2)c1. The van der Waals surface area contributed by atoms with Crippen molar-refractivity contribution in [1.29, 1.82) is 0 Å². The van der Waals surface area contributed by atoms with E-state index in [1.54, 1.807) is 6.07 Å². The summed E-state index contributed by atoms with van der Waals surface area (Å²) in [4.78, 5) is 0.387. The van der Waals surface area contributed by atoms with E-state index < -0.39 is 10.0 Å². The van der Waals surface area contributed by atoms with Crippen LogP contribution in [0.2, 0.25) is 0 Å². The second kappa shape index (κ2) is 4.16. The van der Waals surface area contributed by atoms with Crippen LogP contribution < -0.4 is 0 Å². The van der Waals surface area contributed by atoms with Crippen LogP contribution in [0.25, 0.3) is 0 Å². The highest BCUT2D eigenvalue weighted by atomic mass is 32.2. The molecular weight excluding hydrogens is 226 g/mol. The van der Waals surface area contributed by atoms with E-state index in [4.69, 9.17) is 4.74 Å². The molecule has 0 atom stereocenters. The molecule has 1 heterocycles. The molecule has 88 valence electrons. The predicted octanol–water partition coefficient (Wildman–Crippen LogP) is 1.28. The van der Waals surface area contributed by atoms with Crippen molar-refractivity contribution >= 4 is 10.0 Å². The molecule has 16 heavy (non-hydrogen) atoms. The van der Waals surface area contributed by atoms with Gasteiger partial charge in [-0.2, -0.15) is 4.31 Å². The highest BCUT2D eigenvalue weighted by molar-refractivity contribution is 7.89. The number of sulfonamides is 1. The molecule has 1 aromatic rings. The van der Waals surface area contributed by atoms with Gasteiger partial charge in [0.1, 0.15) is 6.73 Å². The van der Waals surface area contributed by atoms with Gasteiger partial charge in [-0.15, -0.1) is 0 Å². The molecule has 0 aliphatic carbocycles. The largest absolute Gasteiger partial charge is 0.364 e. The first-order valence-electron chi connectivity index (χ1n) is 5.17. The Labute approximate surface area is 95.9 Å². The zero-order chi connectivity index (χ0) is 11.8. The standard InChI is InChI=1S/C11H15NO3S/c1-9-3-4-10(2)11(7-9)16(13,14)12-5-6-15-8-12/h3-4,7H,5-6,8H2,1-2H3. The van der Waals surface area contributed by atoms with Crippen LogP contribution in [-0.2, 0) is 14.8 Å². The van der Waals surface area contributed by atoms with E-state index in [2.05, 4.69) is 0 Å². The van der Waals surface area contributed by atoms with Crippen LogP contribution in [-0.4, -0.2) is 32.6 Å². The molecule has 1 aliphatic rings. The first kappa shape index (κ1) is 11.6. The van der Waals surface area contributed by atoms with Crippen LogP contribution in [0.15, 0.2) is 23.1 Å². The molecule has 4 nitrogen and oxygen atoms in total. The Hall–Kier alpha value is -0.910. The van der Waals surface area contributed by atoms with Crippen LogP contribution in [0, 0.1) is 13.8 Å². The Morgan fingerprint density at radius 3 is 2.69 bits per heavy atom. The zero-order valence-corrected chi connectivity index (χ0v) is 10.3. The summed E-state index contributed by atoms with van der Waals surface area (Å²) < 4.78 is 31.0. The Morgan fingerprint density at radius 2 is 2.06 bits per heavy atom. The van der Waals surface area contributed by atoms with Gasteiger partial charge in [-0.3, -0.25) is 0 Å². The Bertz CT molecular complexity index is 490. The number of benzene rings is 1. The minimum absolute atomic E-state index is 0.162. The molecule has 0 radical (unpaired) electrons. The fourth-order valence-electron chi connectivity index (χ4n) is 1.71. The van der Waals surface area contributed by atoms with Crippen LogP contribution >= 0.6 is 0 Å². The van der Waals surface area contributed by atoms with Crippen molar-refractivity contribution in [2.24, 2.45) is 0 Å². The molecule has 5 heteroatoms. The van der Waals surface area contributed by atoms with E-state index in [1.807, 2.05) is 26.0 Å². The third-order valence-corrected chi connectivity index (χ3v) is 4.65. The maximum absolute atomic E-state index is 12.3. The lowest BCUT2D eigenvalue weighted by molar-refractivity contribution is 0.172. The summed E-state index contributed by atoms with van der Waals surface area (Å²) in [6.45, 7) is 4.78. The summed E-state index contributed by atoms with van der Waals surface area (Å²) in [5.41, 5.74) is 1.72. The molecule has 1 saturated heterocycles. The quantitative estimate of drug-likeness (QED) is 0.783. The molecule has 1 aliphatic heterocycles. The van der Waals surface area contributed by atoms with Gasteiger partial charge in [0, 0.05) is 6.54 Å². The summed E-state index contributed by atoms with van der Waals surface area (Å²) in [6, 6.07) is 5.46. The third-order valence-electron chi connectivity index (χ3n) is 2.68. The summed E-state index contributed by atoms with van der Waals surface area (Å²) in [6.07, 6.45) is 0. The molecule has 0 saturated carbocycles. The molecule has 0 unspecified atom stereocenters. The van der Waals surface area contributed by atoms with Crippen LogP contribution in [0.3, 0.4) is 0 Å². The lowest BCUT2D eigenvalue weighted by atomic mass is 10.2. The fourth-order valence-corrected chi connectivity index (χ4v) is 3.33. The van der Waals surface area contributed by atoms with Crippen LogP contribution in [0.4, 0.5) is 0 Å². The van der Waals surface area contributed by atoms with Crippen molar-refractivity contribution in [3.63, 3.8) is 0 Å². The lowest BCUT2D eigenvalue weighted by Crippen LogP contribution is -2.29. The smallest absolute Gasteiger partial charge is 0.245 e. The topological polar surface area (TPSA) is 46.6 Å². The minimum Gasteiger partial charge on any atom is -0.364 e. The molecule has 0 N–H and O–H groups in total. The van der Waals surface area contributed by atoms with E-state index in [0.717, 1.165) is 11.1 Å². The zero-order valence-electron chi connectivity index (χ0n) is 9.43. The van der Waals surface area contributed by atoms with Gasteiger partial charge < -0.3 is 4.74 Å². The van der Waals surface area contributed by atoms with Gasteiger partial charge in [0.05, 0.1) is 11.5 Å². The highest BCUT2D eigenvalue weighted by Gasteiger charge is 2.28. The van der Waals surface area contributed by atoms with Crippen molar-refractivity contribution in [3.8, 4) is 0 Å². The van der Waals surface area contributed by atoms with Crippen LogP contribution in [0.5, 0.6) is 0 Å². The number of aryl methyl sites for hydroxylation is 2. The second-order valence-corrected chi connectivity index (χ2v) is 5.89. The van der Waals surface area contributed by atoms with Gasteiger partial charge in [0.2, 0.25) is 10.0 Å². The van der Waals surface area contributed by atoms with Crippen molar-refractivity contribution < 1.29 is 13.2 Å². The lowest BCUT2D eigenvalue weighted by Gasteiger charge is -2.16. The van der Waals surface area contributed by atoms with Gasteiger partial charge in [0.15, 0.2) is 0 Å². The summed E-state index contributed by atoms with van der Waals surface area (Å²) >= 11 is 0. The van der Waals surface area contributed by atoms with Crippen molar-refractivity contribution in [3.05, 3.63) is 29.3 Å². The monoisotopic (exact) mass is 241 g/mol. The molecule has 0 spiro atoms. The molecule has 1 aromatic carbocycles. The van der Waals surface area contributed by atoms with Crippen molar-refractivity contribution in [2.45, 2.75) is 18.7 Å². The van der Waals surface area contributed by atoms with E-state index in [9.17, 15) is 8.42 Å². The Morgan fingerprint density at radius 1 is 1.31 bits per heavy atom. The van der Waals surface area contributed by atoms with Gasteiger partial charge >= 0.3 is 0 Å². The average Bonchev–Trinajstić information content (AvgIpc) is 2.75. The van der Waals surface area contributed by atoms with Gasteiger partial charge in [-0.1, -0.05) is 12.1 Å². The Kier molecular flexibility index (Phi) is 3.01. The van der Waals surface area contributed by atoms with E-state index >= 15 is 0 Å². The number of ether oxygens (including phenoxy) is 1. The molecule has 1 fully saturated rings. The molecular formula is C11H15NO3S. The molecule has 0 amide bonds. The minimum atomic E-state index is -3.38. The predicted molar refractivity (Wildman–Crippen MR) is 60.6 cm³/mol. The Balaban J connectivity index is 2.46.